The van der Waals surface area contributed by atoms with E-state index in [2.05, 4.69) is 28.0 Å². The van der Waals surface area contributed by atoms with Crippen LogP contribution >= 0.6 is 0 Å². The van der Waals surface area contributed by atoms with Crippen LogP contribution in [0.4, 0.5) is 5.82 Å². The van der Waals surface area contributed by atoms with Gasteiger partial charge < -0.3 is 4.90 Å². The molecule has 3 rings (SSSR count). The molecule has 1 unspecified atom stereocenters. The molecule has 2 aromatic rings. The standard InChI is InChI=1S/C15H21N5/c1-11-5-4-6-19(10-11)14-8-16-9-15(17-14)20-13(3)7-12(2)18-20/h7-9,11H,4-6,10H2,1-3H3. The van der Waals surface area contributed by atoms with Gasteiger partial charge in [0.2, 0.25) is 0 Å². The highest BCUT2D eigenvalue weighted by molar-refractivity contribution is 5.40. The summed E-state index contributed by atoms with van der Waals surface area (Å²) in [7, 11) is 0. The number of hydrogen-bond acceptors (Lipinski definition) is 4. The van der Waals surface area contributed by atoms with Crippen molar-refractivity contribution in [1.29, 1.82) is 0 Å². The normalized spacial score (nSPS) is 19.4. The fourth-order valence-corrected chi connectivity index (χ4v) is 2.86. The van der Waals surface area contributed by atoms with E-state index in [1.807, 2.05) is 24.7 Å². The summed E-state index contributed by atoms with van der Waals surface area (Å²) in [5.41, 5.74) is 2.09. The third-order valence-electron chi connectivity index (χ3n) is 3.82. The van der Waals surface area contributed by atoms with Crippen LogP contribution in [0.1, 0.15) is 31.2 Å². The topological polar surface area (TPSA) is 46.8 Å². The first kappa shape index (κ1) is 13.1. The van der Waals surface area contributed by atoms with Gasteiger partial charge in [0.25, 0.3) is 0 Å². The summed E-state index contributed by atoms with van der Waals surface area (Å²) in [6, 6.07) is 2.05. The van der Waals surface area contributed by atoms with Gasteiger partial charge in [-0.1, -0.05) is 6.92 Å². The Hall–Kier alpha value is -1.91. The maximum absolute atomic E-state index is 4.74. The predicted octanol–water partition coefficient (Wildman–Crippen LogP) is 2.52. The third kappa shape index (κ3) is 2.53. The van der Waals surface area contributed by atoms with E-state index >= 15 is 0 Å². The average molecular weight is 271 g/mol. The van der Waals surface area contributed by atoms with Gasteiger partial charge >= 0.3 is 0 Å². The Kier molecular flexibility index (Phi) is 3.42. The molecule has 5 heteroatoms. The monoisotopic (exact) mass is 271 g/mol. The predicted molar refractivity (Wildman–Crippen MR) is 79.2 cm³/mol. The van der Waals surface area contributed by atoms with Crippen molar-refractivity contribution >= 4 is 5.82 Å². The Morgan fingerprint density at radius 3 is 2.70 bits per heavy atom. The molecule has 0 amide bonds. The number of anilines is 1. The SMILES string of the molecule is Cc1cc(C)n(-c2cncc(N3CCCC(C)C3)n2)n1. The zero-order valence-electron chi connectivity index (χ0n) is 12.4. The van der Waals surface area contributed by atoms with Crippen LogP contribution in [0, 0.1) is 19.8 Å². The van der Waals surface area contributed by atoms with E-state index in [1.54, 1.807) is 6.20 Å². The molecule has 0 bridgehead atoms. The van der Waals surface area contributed by atoms with Gasteiger partial charge in [0.1, 0.15) is 5.82 Å². The Balaban J connectivity index is 1.91. The van der Waals surface area contributed by atoms with E-state index in [-0.39, 0.29) is 0 Å². The molecule has 1 aliphatic rings. The second-order valence-electron chi connectivity index (χ2n) is 5.77. The van der Waals surface area contributed by atoms with Crippen molar-refractivity contribution in [2.75, 3.05) is 18.0 Å². The molecule has 0 aromatic carbocycles. The summed E-state index contributed by atoms with van der Waals surface area (Å²) in [6.45, 7) is 8.46. The number of hydrogen-bond donors (Lipinski definition) is 0. The summed E-state index contributed by atoms with van der Waals surface area (Å²) in [5.74, 6) is 2.48. The van der Waals surface area contributed by atoms with Gasteiger partial charge in [0, 0.05) is 18.8 Å². The van der Waals surface area contributed by atoms with Crippen LogP contribution in [0.15, 0.2) is 18.5 Å². The smallest absolute Gasteiger partial charge is 0.174 e. The lowest BCUT2D eigenvalue weighted by molar-refractivity contribution is 0.444. The molecule has 0 N–H and O–H groups in total. The lowest BCUT2D eigenvalue weighted by Crippen LogP contribution is -2.35. The molecule has 1 aliphatic heterocycles. The van der Waals surface area contributed by atoms with Gasteiger partial charge in [-0.25, -0.2) is 9.67 Å². The quantitative estimate of drug-likeness (QED) is 0.842. The minimum Gasteiger partial charge on any atom is -0.355 e. The summed E-state index contributed by atoms with van der Waals surface area (Å²) < 4.78 is 1.86. The number of rotatable bonds is 2. The summed E-state index contributed by atoms with van der Waals surface area (Å²) >= 11 is 0. The fraction of sp³-hybridized carbons (Fsp3) is 0.533. The van der Waals surface area contributed by atoms with E-state index in [9.17, 15) is 0 Å². The van der Waals surface area contributed by atoms with E-state index < -0.39 is 0 Å². The minimum atomic E-state index is 0.725. The van der Waals surface area contributed by atoms with E-state index in [0.717, 1.165) is 42.0 Å². The number of piperidine rings is 1. The van der Waals surface area contributed by atoms with Crippen LogP contribution < -0.4 is 4.90 Å². The lowest BCUT2D eigenvalue weighted by Gasteiger charge is -2.31. The van der Waals surface area contributed by atoms with Crippen LogP contribution in [-0.2, 0) is 0 Å². The molecule has 1 saturated heterocycles. The number of nitrogens with zero attached hydrogens (tertiary/aromatic N) is 5. The van der Waals surface area contributed by atoms with Gasteiger partial charge in [-0.3, -0.25) is 4.98 Å². The first-order valence-corrected chi connectivity index (χ1v) is 7.24. The second kappa shape index (κ2) is 5.23. The highest BCUT2D eigenvalue weighted by Gasteiger charge is 2.18. The first-order chi connectivity index (χ1) is 9.63. The van der Waals surface area contributed by atoms with Crippen LogP contribution in [-0.4, -0.2) is 32.8 Å². The van der Waals surface area contributed by atoms with Crippen molar-refractivity contribution in [2.24, 2.45) is 5.92 Å². The van der Waals surface area contributed by atoms with Gasteiger partial charge in [-0.05, 0) is 38.7 Å². The highest BCUT2D eigenvalue weighted by Crippen LogP contribution is 2.21. The maximum Gasteiger partial charge on any atom is 0.174 e. The molecule has 20 heavy (non-hydrogen) atoms. The van der Waals surface area contributed by atoms with Crippen LogP contribution in [0.3, 0.4) is 0 Å². The average Bonchev–Trinajstić information content (AvgIpc) is 2.78. The van der Waals surface area contributed by atoms with Crippen LogP contribution in [0.2, 0.25) is 0 Å². The molecular formula is C15H21N5. The molecule has 3 heterocycles. The molecule has 106 valence electrons. The Morgan fingerprint density at radius 2 is 2.00 bits per heavy atom. The van der Waals surface area contributed by atoms with Gasteiger partial charge in [-0.15, -0.1) is 0 Å². The molecule has 0 spiro atoms. The second-order valence-corrected chi connectivity index (χ2v) is 5.77. The van der Waals surface area contributed by atoms with Crippen molar-refractivity contribution < 1.29 is 0 Å². The zero-order chi connectivity index (χ0) is 14.1. The van der Waals surface area contributed by atoms with E-state index in [1.165, 1.54) is 12.8 Å². The Bertz CT molecular complexity index is 604. The molecule has 0 saturated carbocycles. The fourth-order valence-electron chi connectivity index (χ4n) is 2.86. The molecule has 2 aromatic heterocycles. The molecule has 1 atom stereocenters. The first-order valence-electron chi connectivity index (χ1n) is 7.24. The lowest BCUT2D eigenvalue weighted by atomic mass is 10.0. The van der Waals surface area contributed by atoms with E-state index in [4.69, 9.17) is 4.98 Å². The van der Waals surface area contributed by atoms with Crippen molar-refractivity contribution in [3.63, 3.8) is 0 Å². The maximum atomic E-state index is 4.74. The van der Waals surface area contributed by atoms with Crippen molar-refractivity contribution in [2.45, 2.75) is 33.6 Å². The van der Waals surface area contributed by atoms with Crippen LogP contribution in [0.5, 0.6) is 0 Å². The van der Waals surface area contributed by atoms with E-state index in [0.29, 0.717) is 0 Å². The molecule has 0 aliphatic carbocycles. The van der Waals surface area contributed by atoms with Crippen molar-refractivity contribution in [3.8, 4) is 5.82 Å². The molecule has 1 fully saturated rings. The van der Waals surface area contributed by atoms with Gasteiger partial charge in [0.15, 0.2) is 5.82 Å². The summed E-state index contributed by atoms with van der Waals surface area (Å²) in [5, 5.41) is 4.48. The minimum absolute atomic E-state index is 0.725. The number of aryl methyl sites for hydroxylation is 2. The molecular weight excluding hydrogens is 250 g/mol. The molecule has 5 nitrogen and oxygen atoms in total. The Labute approximate surface area is 119 Å². The Morgan fingerprint density at radius 1 is 1.20 bits per heavy atom. The summed E-state index contributed by atoms with van der Waals surface area (Å²) in [6.07, 6.45) is 6.16. The third-order valence-corrected chi connectivity index (χ3v) is 3.82. The van der Waals surface area contributed by atoms with Gasteiger partial charge in [-0.2, -0.15) is 5.10 Å². The highest BCUT2D eigenvalue weighted by atomic mass is 15.3. The zero-order valence-corrected chi connectivity index (χ0v) is 12.4. The van der Waals surface area contributed by atoms with Crippen molar-refractivity contribution in [3.05, 3.63) is 29.8 Å². The van der Waals surface area contributed by atoms with Crippen molar-refractivity contribution in [1.82, 2.24) is 19.7 Å². The number of aromatic nitrogens is 4. The van der Waals surface area contributed by atoms with Gasteiger partial charge in [0.05, 0.1) is 18.1 Å². The molecule has 0 radical (unpaired) electrons. The summed E-state index contributed by atoms with van der Waals surface area (Å²) in [4.78, 5) is 11.4. The van der Waals surface area contributed by atoms with Crippen LogP contribution in [0.25, 0.3) is 5.82 Å². The largest absolute Gasteiger partial charge is 0.355 e.